The van der Waals surface area contributed by atoms with Crippen molar-refractivity contribution in [2.24, 2.45) is 5.73 Å². The molecule has 1 aromatic rings. The molecule has 4 N–H and O–H groups in total. The van der Waals surface area contributed by atoms with Gasteiger partial charge in [0, 0.05) is 30.8 Å². The van der Waals surface area contributed by atoms with Crippen LogP contribution in [0, 0.1) is 6.92 Å². The van der Waals surface area contributed by atoms with Gasteiger partial charge in [-0.05, 0) is 18.1 Å². The first kappa shape index (κ1) is 11.6. The Morgan fingerprint density at radius 3 is 3.22 bits per heavy atom. The van der Waals surface area contributed by atoms with Gasteiger partial charge in [0.25, 0.3) is 0 Å². The molecule has 2 aliphatic rings. The lowest BCUT2D eigenvalue weighted by molar-refractivity contribution is 0.0560. The summed E-state index contributed by atoms with van der Waals surface area (Å²) in [7, 11) is 0. The molecule has 0 aliphatic carbocycles. The lowest BCUT2D eigenvalue weighted by atomic mass is 9.97. The minimum atomic E-state index is -0.603. The lowest BCUT2D eigenvalue weighted by Crippen LogP contribution is -2.36. The molecule has 0 saturated carbocycles. The summed E-state index contributed by atoms with van der Waals surface area (Å²) in [4.78, 5) is 0. The highest BCUT2D eigenvalue weighted by Crippen LogP contribution is 2.41. The number of nitrogens with one attached hydrogen (secondary N) is 1. The molecule has 2 heterocycles. The number of rotatable bonds is 2. The quantitative estimate of drug-likeness (QED) is 0.730. The van der Waals surface area contributed by atoms with Crippen LogP contribution in [0.3, 0.4) is 0 Å². The summed E-state index contributed by atoms with van der Waals surface area (Å²) in [5.74, 6) is 0.900. The van der Waals surface area contributed by atoms with Gasteiger partial charge in [-0.25, -0.2) is 0 Å². The van der Waals surface area contributed by atoms with Crippen molar-refractivity contribution in [3.63, 3.8) is 0 Å². The number of benzene rings is 1. The van der Waals surface area contributed by atoms with Crippen LogP contribution in [-0.2, 0) is 6.42 Å². The fourth-order valence-electron chi connectivity index (χ4n) is 2.70. The Kier molecular flexibility index (Phi) is 2.76. The van der Waals surface area contributed by atoms with Gasteiger partial charge in [0.05, 0.1) is 0 Å². The van der Waals surface area contributed by atoms with E-state index in [0.29, 0.717) is 0 Å². The number of aryl methyl sites for hydroxylation is 1. The Labute approximate surface area is 106 Å². The van der Waals surface area contributed by atoms with E-state index in [2.05, 4.69) is 30.5 Å². The van der Waals surface area contributed by atoms with Crippen molar-refractivity contribution in [2.75, 3.05) is 18.4 Å². The maximum atomic E-state index is 9.82. The Hall–Kier alpha value is -1.52. The summed E-state index contributed by atoms with van der Waals surface area (Å²) in [5.41, 5.74) is 10.1. The largest absolute Gasteiger partial charge is 0.486 e. The number of aliphatic hydroxyl groups excluding tert-OH is 1. The van der Waals surface area contributed by atoms with Crippen LogP contribution in [0.4, 0.5) is 5.69 Å². The van der Waals surface area contributed by atoms with Gasteiger partial charge >= 0.3 is 0 Å². The monoisotopic (exact) mass is 246 g/mol. The van der Waals surface area contributed by atoms with Crippen LogP contribution >= 0.6 is 0 Å². The smallest absolute Gasteiger partial charge is 0.132 e. The van der Waals surface area contributed by atoms with Crippen LogP contribution in [-0.4, -0.2) is 30.4 Å². The Bertz CT molecular complexity index is 511. The Balaban J connectivity index is 2.02. The average Bonchev–Trinajstić information content (AvgIpc) is 2.82. The van der Waals surface area contributed by atoms with Crippen molar-refractivity contribution in [2.45, 2.75) is 25.6 Å². The van der Waals surface area contributed by atoms with E-state index in [1.807, 2.05) is 0 Å². The zero-order valence-corrected chi connectivity index (χ0v) is 10.4. The van der Waals surface area contributed by atoms with Gasteiger partial charge in [-0.3, -0.25) is 0 Å². The summed E-state index contributed by atoms with van der Waals surface area (Å²) in [6.45, 7) is 3.17. The molecule has 96 valence electrons. The van der Waals surface area contributed by atoms with E-state index >= 15 is 0 Å². The highest BCUT2D eigenvalue weighted by Gasteiger charge is 2.31. The van der Waals surface area contributed by atoms with Gasteiger partial charge < -0.3 is 20.9 Å². The van der Waals surface area contributed by atoms with Crippen molar-refractivity contribution < 1.29 is 9.84 Å². The van der Waals surface area contributed by atoms with Crippen molar-refractivity contribution in [1.29, 1.82) is 0 Å². The first-order valence-corrected chi connectivity index (χ1v) is 6.32. The number of ether oxygens (including phenoxy) is 1. The number of nitrogens with two attached hydrogens (primary N) is 1. The zero-order chi connectivity index (χ0) is 12.7. The Morgan fingerprint density at radius 2 is 2.44 bits per heavy atom. The van der Waals surface area contributed by atoms with Gasteiger partial charge in [0.2, 0.25) is 0 Å². The van der Waals surface area contributed by atoms with E-state index in [-0.39, 0.29) is 12.6 Å². The number of hydrogen-bond acceptors (Lipinski definition) is 4. The third kappa shape index (κ3) is 1.69. The second-order valence-corrected chi connectivity index (χ2v) is 4.92. The van der Waals surface area contributed by atoms with Crippen molar-refractivity contribution in [3.05, 3.63) is 28.8 Å². The minimum Gasteiger partial charge on any atom is -0.486 e. The van der Waals surface area contributed by atoms with Crippen molar-refractivity contribution >= 4 is 11.8 Å². The van der Waals surface area contributed by atoms with Gasteiger partial charge in [0.15, 0.2) is 0 Å². The van der Waals surface area contributed by atoms with Gasteiger partial charge in [-0.2, -0.15) is 0 Å². The van der Waals surface area contributed by atoms with Crippen molar-refractivity contribution in [1.82, 2.24) is 0 Å². The summed E-state index contributed by atoms with van der Waals surface area (Å²) in [6.07, 6.45) is 4.09. The lowest BCUT2D eigenvalue weighted by Gasteiger charge is -2.20. The molecular weight excluding hydrogens is 228 g/mol. The van der Waals surface area contributed by atoms with E-state index < -0.39 is 6.10 Å². The van der Waals surface area contributed by atoms with Gasteiger partial charge in [-0.15, -0.1) is 0 Å². The molecule has 2 unspecified atom stereocenters. The van der Waals surface area contributed by atoms with Crippen LogP contribution in [0.5, 0.6) is 5.75 Å². The van der Waals surface area contributed by atoms with E-state index in [1.165, 1.54) is 5.56 Å². The highest BCUT2D eigenvalue weighted by atomic mass is 16.5. The predicted molar refractivity (Wildman–Crippen MR) is 71.9 cm³/mol. The fraction of sp³-hybridized carbons (Fsp3) is 0.429. The third-order valence-electron chi connectivity index (χ3n) is 3.63. The topological polar surface area (TPSA) is 67.5 Å². The van der Waals surface area contributed by atoms with E-state index in [9.17, 15) is 5.11 Å². The maximum absolute atomic E-state index is 9.82. The zero-order valence-electron chi connectivity index (χ0n) is 10.4. The van der Waals surface area contributed by atoms with Crippen molar-refractivity contribution in [3.8, 4) is 5.75 Å². The fourth-order valence-corrected chi connectivity index (χ4v) is 2.70. The molecule has 4 heteroatoms. The van der Waals surface area contributed by atoms with E-state index in [0.717, 1.165) is 35.5 Å². The second-order valence-electron chi connectivity index (χ2n) is 4.92. The molecular formula is C14H18N2O2. The number of fused-ring (bicyclic) bond motifs is 3. The van der Waals surface area contributed by atoms with Gasteiger partial charge in [0.1, 0.15) is 18.0 Å². The summed E-state index contributed by atoms with van der Waals surface area (Å²) >= 11 is 0. The molecule has 0 spiro atoms. The molecule has 0 saturated heterocycles. The SMILES string of the molecule is Cc1cc2c(c3c1NCC=C3)OC(C(O)CN)C2. The number of anilines is 1. The molecule has 0 bridgehead atoms. The summed E-state index contributed by atoms with van der Waals surface area (Å²) in [6, 6.07) is 2.14. The molecule has 0 radical (unpaired) electrons. The number of hydrogen-bond donors (Lipinski definition) is 3. The highest BCUT2D eigenvalue weighted by molar-refractivity contribution is 5.79. The molecule has 1 aromatic carbocycles. The third-order valence-corrected chi connectivity index (χ3v) is 3.63. The maximum Gasteiger partial charge on any atom is 0.132 e. The Morgan fingerprint density at radius 1 is 1.61 bits per heavy atom. The van der Waals surface area contributed by atoms with Crippen LogP contribution in [0.1, 0.15) is 16.7 Å². The van der Waals surface area contributed by atoms with Crippen LogP contribution < -0.4 is 15.8 Å². The molecule has 4 nitrogen and oxygen atoms in total. The minimum absolute atomic E-state index is 0.216. The molecule has 2 aliphatic heterocycles. The molecule has 0 fully saturated rings. The van der Waals surface area contributed by atoms with Crippen LogP contribution in [0.2, 0.25) is 0 Å². The molecule has 18 heavy (non-hydrogen) atoms. The molecule has 2 atom stereocenters. The summed E-state index contributed by atoms with van der Waals surface area (Å²) < 4.78 is 5.89. The second kappa shape index (κ2) is 4.30. The number of aliphatic hydroxyl groups is 1. The average molecular weight is 246 g/mol. The molecule has 0 aromatic heterocycles. The molecule has 0 amide bonds. The molecule has 3 rings (SSSR count). The first-order valence-electron chi connectivity index (χ1n) is 6.32. The van der Waals surface area contributed by atoms with E-state index in [1.54, 1.807) is 0 Å². The normalized spacial score (nSPS) is 21.8. The first-order chi connectivity index (χ1) is 8.70. The van der Waals surface area contributed by atoms with E-state index in [4.69, 9.17) is 10.5 Å². The predicted octanol–water partition coefficient (Wildman–Crippen LogP) is 1.06. The standard InChI is InChI=1S/C14H18N2O2/c1-8-5-9-6-12(11(17)7-15)18-14(9)10-3-2-4-16-13(8)10/h2-3,5,11-12,16-17H,4,6-7,15H2,1H3. The van der Waals surface area contributed by atoms with Gasteiger partial charge in [-0.1, -0.05) is 18.2 Å². The van der Waals surface area contributed by atoms with Crippen LogP contribution in [0.25, 0.3) is 6.08 Å². The van der Waals surface area contributed by atoms with Crippen LogP contribution in [0.15, 0.2) is 12.1 Å². The summed E-state index contributed by atoms with van der Waals surface area (Å²) in [5, 5.41) is 13.2.